The van der Waals surface area contributed by atoms with Crippen LogP contribution in [0.2, 0.25) is 0 Å². The van der Waals surface area contributed by atoms with E-state index in [0.29, 0.717) is 36.6 Å². The molecule has 1 saturated heterocycles. The van der Waals surface area contributed by atoms with E-state index in [1.165, 1.54) is 0 Å². The van der Waals surface area contributed by atoms with Crippen LogP contribution in [-0.2, 0) is 9.53 Å². The predicted molar refractivity (Wildman–Crippen MR) is 132 cm³/mol. The molecule has 192 valence electrons. The number of rotatable bonds is 1. The minimum absolute atomic E-state index is 0.0307. The van der Waals surface area contributed by atoms with Gasteiger partial charge < -0.3 is 14.9 Å². The van der Waals surface area contributed by atoms with Crippen molar-refractivity contribution in [2.75, 3.05) is 13.2 Å². The minimum Gasteiger partial charge on any atom is -0.396 e. The quantitative estimate of drug-likeness (QED) is 0.526. The maximum atomic E-state index is 14.1. The summed E-state index contributed by atoms with van der Waals surface area (Å²) in [7, 11) is 0. The van der Waals surface area contributed by atoms with Crippen LogP contribution in [0.1, 0.15) is 106 Å². The van der Waals surface area contributed by atoms with E-state index in [2.05, 4.69) is 41.5 Å². The fourth-order valence-corrected chi connectivity index (χ4v) is 11.8. The van der Waals surface area contributed by atoms with E-state index in [1.54, 1.807) is 0 Å². The molecule has 2 bridgehead atoms. The molecule has 2 N–H and O–H groups in total. The molecule has 4 nitrogen and oxygen atoms in total. The predicted octanol–water partition coefficient (Wildman–Crippen LogP) is 5.53. The highest BCUT2D eigenvalue weighted by atomic mass is 16.5. The van der Waals surface area contributed by atoms with Crippen LogP contribution in [0.5, 0.6) is 0 Å². The number of fused-ring (bicyclic) bond motifs is 4. The van der Waals surface area contributed by atoms with Gasteiger partial charge >= 0.3 is 0 Å². The third kappa shape index (κ3) is 2.41. The molecule has 0 unspecified atom stereocenters. The first-order valence-electron chi connectivity index (χ1n) is 14.2. The Morgan fingerprint density at radius 2 is 1.59 bits per heavy atom. The highest BCUT2D eigenvalue weighted by Gasteiger charge is 2.80. The van der Waals surface area contributed by atoms with Crippen molar-refractivity contribution in [1.82, 2.24) is 0 Å². The second-order valence-electron chi connectivity index (χ2n) is 15.5. The van der Waals surface area contributed by atoms with Gasteiger partial charge in [0.2, 0.25) is 0 Å². The zero-order valence-electron chi connectivity index (χ0n) is 22.5. The standard InChI is InChI=1S/C30H48O4/c1-24(2)13-14-29-18-34-30(21(29)15-24)12-8-20-25(3)10-9-22(32)26(4,17-31)19(25)7-11-27(20,5)28(30,6)16-23(29)33/h19-22,31-32H,7-18H2,1-6H3/t19-,20-,21-,22+,25+,26+,27-,28+,29-,30+/m1/s1. The molecule has 1 spiro atoms. The van der Waals surface area contributed by atoms with Crippen molar-refractivity contribution in [3.63, 3.8) is 0 Å². The molecule has 6 fully saturated rings. The Bertz CT molecular complexity index is 913. The smallest absolute Gasteiger partial charge is 0.142 e. The van der Waals surface area contributed by atoms with E-state index in [1.807, 2.05) is 0 Å². The largest absolute Gasteiger partial charge is 0.396 e. The zero-order chi connectivity index (χ0) is 24.6. The average molecular weight is 473 g/mol. The van der Waals surface area contributed by atoms with Gasteiger partial charge in [-0.1, -0.05) is 41.5 Å². The maximum absolute atomic E-state index is 14.1. The first-order valence-corrected chi connectivity index (χ1v) is 14.2. The van der Waals surface area contributed by atoms with Crippen molar-refractivity contribution in [2.45, 2.75) is 117 Å². The molecule has 0 aromatic rings. The van der Waals surface area contributed by atoms with Crippen LogP contribution in [0.15, 0.2) is 0 Å². The summed E-state index contributed by atoms with van der Waals surface area (Å²) >= 11 is 0. The molecule has 6 rings (SSSR count). The number of hydrogen-bond donors (Lipinski definition) is 2. The Morgan fingerprint density at radius 3 is 2.29 bits per heavy atom. The zero-order valence-corrected chi connectivity index (χ0v) is 22.5. The van der Waals surface area contributed by atoms with Gasteiger partial charge in [-0.3, -0.25) is 4.79 Å². The summed E-state index contributed by atoms with van der Waals surface area (Å²) in [4.78, 5) is 14.1. The molecule has 0 amide bonds. The highest BCUT2D eigenvalue weighted by molar-refractivity contribution is 5.88. The summed E-state index contributed by atoms with van der Waals surface area (Å²) < 4.78 is 7.03. The molecule has 5 aliphatic carbocycles. The second kappa shape index (κ2) is 6.70. The Kier molecular flexibility index (Phi) is 4.71. The highest BCUT2D eigenvalue weighted by Crippen LogP contribution is 2.79. The molecule has 10 atom stereocenters. The Balaban J connectivity index is 1.45. The topological polar surface area (TPSA) is 66.8 Å². The summed E-state index contributed by atoms with van der Waals surface area (Å²) in [5.41, 5.74) is -0.612. The van der Waals surface area contributed by atoms with Crippen LogP contribution in [0.4, 0.5) is 0 Å². The molecule has 6 aliphatic rings. The number of aliphatic hydroxyl groups excluding tert-OH is 2. The van der Waals surface area contributed by atoms with Gasteiger partial charge in [0.25, 0.3) is 0 Å². The van der Waals surface area contributed by atoms with Crippen LogP contribution in [-0.4, -0.2) is 40.9 Å². The van der Waals surface area contributed by atoms with E-state index in [-0.39, 0.29) is 39.3 Å². The van der Waals surface area contributed by atoms with Crippen molar-refractivity contribution in [3.05, 3.63) is 0 Å². The number of ether oxygens (including phenoxy) is 1. The molecule has 0 aromatic carbocycles. The average Bonchev–Trinajstić information content (AvgIpc) is 3.04. The molecular weight excluding hydrogens is 424 g/mol. The summed E-state index contributed by atoms with van der Waals surface area (Å²) in [6, 6.07) is 0. The summed E-state index contributed by atoms with van der Waals surface area (Å²) in [5.74, 6) is 1.67. The normalized spacial score (nSPS) is 60.1. The number of ketones is 1. The van der Waals surface area contributed by atoms with Crippen LogP contribution >= 0.6 is 0 Å². The molecule has 5 saturated carbocycles. The van der Waals surface area contributed by atoms with Crippen molar-refractivity contribution in [1.29, 1.82) is 0 Å². The van der Waals surface area contributed by atoms with Crippen LogP contribution in [0.3, 0.4) is 0 Å². The fourth-order valence-electron chi connectivity index (χ4n) is 11.8. The van der Waals surface area contributed by atoms with Gasteiger partial charge in [0.1, 0.15) is 5.78 Å². The molecule has 4 heteroatoms. The third-order valence-electron chi connectivity index (χ3n) is 14.1. The SMILES string of the molecule is CC1(C)CC[C@]23CO[C@@]4(CC[C@@H]5[C@@]6(C)CC[C@H](O)[C@@](C)(CO)[C@@H]6CC[C@@]5(C)[C@]4(C)CC2=O)[C@@H]3C1. The molecule has 1 aliphatic heterocycles. The summed E-state index contributed by atoms with van der Waals surface area (Å²) in [6.07, 6.45) is 9.61. The first kappa shape index (κ1) is 23.9. The fraction of sp³-hybridized carbons (Fsp3) is 0.967. The molecule has 34 heavy (non-hydrogen) atoms. The van der Waals surface area contributed by atoms with Crippen molar-refractivity contribution in [3.8, 4) is 0 Å². The lowest BCUT2D eigenvalue weighted by Gasteiger charge is -2.74. The lowest BCUT2D eigenvalue weighted by molar-refractivity contribution is -0.286. The van der Waals surface area contributed by atoms with Crippen molar-refractivity contribution < 1.29 is 19.7 Å². The molecule has 0 aromatic heterocycles. The van der Waals surface area contributed by atoms with Gasteiger partial charge in [0.15, 0.2) is 0 Å². The molecular formula is C30H48O4. The molecule has 0 radical (unpaired) electrons. The van der Waals surface area contributed by atoms with Crippen molar-refractivity contribution >= 4 is 5.78 Å². The van der Waals surface area contributed by atoms with E-state index in [4.69, 9.17) is 4.74 Å². The lowest BCUT2D eigenvalue weighted by Crippen LogP contribution is -2.73. The number of carbonyl (C=O) groups is 1. The van der Waals surface area contributed by atoms with Crippen LogP contribution in [0, 0.1) is 50.2 Å². The van der Waals surface area contributed by atoms with Crippen LogP contribution in [0.25, 0.3) is 0 Å². The Labute approximate surface area is 206 Å². The number of hydrogen-bond acceptors (Lipinski definition) is 4. The lowest BCUT2D eigenvalue weighted by atomic mass is 9.30. The summed E-state index contributed by atoms with van der Waals surface area (Å²) in [5, 5.41) is 21.4. The summed E-state index contributed by atoms with van der Waals surface area (Å²) in [6.45, 7) is 15.0. The maximum Gasteiger partial charge on any atom is 0.142 e. The van der Waals surface area contributed by atoms with E-state index in [9.17, 15) is 15.0 Å². The van der Waals surface area contributed by atoms with Gasteiger partial charge in [0.05, 0.1) is 30.3 Å². The second-order valence-corrected chi connectivity index (χ2v) is 15.5. The van der Waals surface area contributed by atoms with E-state index >= 15 is 0 Å². The Hall–Kier alpha value is -0.450. The van der Waals surface area contributed by atoms with Crippen LogP contribution < -0.4 is 0 Å². The number of Topliss-reactive ketones (excluding diaryl/α,β-unsaturated/α-hetero) is 1. The minimum atomic E-state index is -0.431. The Morgan fingerprint density at radius 1 is 0.882 bits per heavy atom. The molecule has 1 heterocycles. The van der Waals surface area contributed by atoms with E-state index < -0.39 is 11.5 Å². The number of aliphatic hydroxyl groups is 2. The first-order chi connectivity index (χ1) is 15.7. The number of carbonyl (C=O) groups excluding carboxylic acids is 1. The van der Waals surface area contributed by atoms with Gasteiger partial charge in [0, 0.05) is 23.2 Å². The monoisotopic (exact) mass is 472 g/mol. The van der Waals surface area contributed by atoms with Gasteiger partial charge in [-0.05, 0) is 85.9 Å². The van der Waals surface area contributed by atoms with E-state index in [0.717, 1.165) is 57.8 Å². The van der Waals surface area contributed by atoms with Gasteiger partial charge in [-0.2, -0.15) is 0 Å². The van der Waals surface area contributed by atoms with Crippen molar-refractivity contribution in [2.24, 2.45) is 50.2 Å². The van der Waals surface area contributed by atoms with Gasteiger partial charge in [-0.15, -0.1) is 0 Å². The van der Waals surface area contributed by atoms with Gasteiger partial charge in [-0.25, -0.2) is 0 Å². The third-order valence-corrected chi connectivity index (χ3v) is 14.1.